The smallest absolute Gasteiger partial charge is 0.317 e. The number of fused-ring (bicyclic) bond motifs is 1. The Bertz CT molecular complexity index is 1640. The number of rotatable bonds is 9. The zero-order valence-corrected chi connectivity index (χ0v) is 24.6. The second kappa shape index (κ2) is 13.2. The normalized spacial score (nSPS) is 13.3. The van der Waals surface area contributed by atoms with Crippen molar-refractivity contribution >= 4 is 40.7 Å². The molecule has 2 aromatic carbocycles. The lowest BCUT2D eigenvalue weighted by atomic mass is 10.1. The molecule has 3 amide bonds. The van der Waals surface area contributed by atoms with E-state index in [0.717, 1.165) is 11.3 Å². The van der Waals surface area contributed by atoms with Gasteiger partial charge in [-0.05, 0) is 49.9 Å². The molecule has 0 unspecified atom stereocenters. The highest BCUT2D eigenvalue weighted by atomic mass is 35.5. The third kappa shape index (κ3) is 6.33. The Labute approximate surface area is 253 Å². The van der Waals surface area contributed by atoms with E-state index in [-0.39, 0.29) is 29.4 Å². The van der Waals surface area contributed by atoms with Crippen LogP contribution < -0.4 is 26.4 Å². The van der Waals surface area contributed by atoms with Gasteiger partial charge < -0.3 is 30.9 Å². The van der Waals surface area contributed by atoms with Gasteiger partial charge in [0.05, 0.1) is 16.9 Å². The molecule has 5 N–H and O–H groups in total. The van der Waals surface area contributed by atoms with Crippen molar-refractivity contribution in [3.63, 3.8) is 0 Å². The van der Waals surface area contributed by atoms with Crippen LogP contribution in [0.15, 0.2) is 48.9 Å². The Balaban J connectivity index is 1.30. The Morgan fingerprint density at radius 3 is 2.60 bits per heavy atom. The molecule has 0 atom stereocenters. The molecule has 3 heterocycles. The van der Waals surface area contributed by atoms with Gasteiger partial charge in [0, 0.05) is 68.5 Å². The SMILES string of the molecule is CNCOc1ccc(-c2cnc3c(Nc4ccc(C(=O)N5CCN(C(=O)NCCN)CC5)c(C)c4)nccn23)c(Cl)c1F. The highest BCUT2D eigenvalue weighted by Gasteiger charge is 2.26. The van der Waals surface area contributed by atoms with Gasteiger partial charge in [-0.3, -0.25) is 14.5 Å². The van der Waals surface area contributed by atoms with Crippen LogP contribution in [-0.4, -0.2) is 89.2 Å². The summed E-state index contributed by atoms with van der Waals surface area (Å²) in [7, 11) is 1.69. The highest BCUT2D eigenvalue weighted by Crippen LogP contribution is 2.36. The van der Waals surface area contributed by atoms with Crippen LogP contribution in [-0.2, 0) is 0 Å². The first-order valence-electron chi connectivity index (χ1n) is 13.8. The van der Waals surface area contributed by atoms with Crippen molar-refractivity contribution in [2.75, 3.05) is 58.4 Å². The first-order chi connectivity index (χ1) is 20.8. The number of ether oxygens (including phenoxy) is 1. The number of aromatic nitrogens is 3. The second-order valence-electron chi connectivity index (χ2n) is 9.95. The summed E-state index contributed by atoms with van der Waals surface area (Å²) in [5.74, 6) is -0.222. The Morgan fingerprint density at radius 1 is 1.12 bits per heavy atom. The number of aryl methyl sites for hydroxylation is 1. The van der Waals surface area contributed by atoms with E-state index in [0.29, 0.717) is 67.6 Å². The van der Waals surface area contributed by atoms with Crippen LogP contribution in [0.1, 0.15) is 15.9 Å². The third-order valence-corrected chi connectivity index (χ3v) is 7.49. The fourth-order valence-corrected chi connectivity index (χ4v) is 5.14. The van der Waals surface area contributed by atoms with Gasteiger partial charge >= 0.3 is 6.03 Å². The molecule has 0 aliphatic carbocycles. The van der Waals surface area contributed by atoms with E-state index >= 15 is 0 Å². The molecule has 1 aliphatic rings. The van der Waals surface area contributed by atoms with Gasteiger partial charge in [0.15, 0.2) is 23.0 Å². The molecule has 1 aliphatic heterocycles. The number of anilines is 2. The summed E-state index contributed by atoms with van der Waals surface area (Å²) in [6.45, 7) is 4.61. The predicted octanol–water partition coefficient (Wildman–Crippen LogP) is 3.22. The van der Waals surface area contributed by atoms with Crippen LogP contribution in [0.2, 0.25) is 5.02 Å². The number of amides is 3. The molecular formula is C29H33ClFN9O3. The van der Waals surface area contributed by atoms with Gasteiger partial charge in [-0.1, -0.05) is 11.6 Å². The minimum atomic E-state index is -0.656. The summed E-state index contributed by atoms with van der Waals surface area (Å²) >= 11 is 6.39. The third-order valence-electron chi connectivity index (χ3n) is 7.12. The average molecular weight is 610 g/mol. The number of nitrogens with zero attached hydrogens (tertiary/aromatic N) is 5. The molecule has 4 aromatic rings. The number of imidazole rings is 1. The lowest BCUT2D eigenvalue weighted by molar-refractivity contribution is 0.0664. The van der Waals surface area contributed by atoms with E-state index in [1.54, 1.807) is 52.0 Å². The summed E-state index contributed by atoms with van der Waals surface area (Å²) in [6.07, 6.45) is 4.93. The molecule has 0 radical (unpaired) electrons. The van der Waals surface area contributed by atoms with E-state index < -0.39 is 5.82 Å². The number of hydrogen-bond donors (Lipinski definition) is 4. The summed E-state index contributed by atoms with van der Waals surface area (Å²) in [5.41, 5.74) is 9.09. The Kier molecular flexibility index (Phi) is 9.24. The number of halogens is 2. The largest absolute Gasteiger partial charge is 0.475 e. The Hall–Kier alpha value is -4.46. The van der Waals surface area contributed by atoms with Crippen LogP contribution in [0, 0.1) is 12.7 Å². The van der Waals surface area contributed by atoms with Crippen molar-refractivity contribution in [2.24, 2.45) is 5.73 Å². The van der Waals surface area contributed by atoms with Crippen LogP contribution in [0.4, 0.5) is 20.7 Å². The molecule has 2 aromatic heterocycles. The molecule has 43 heavy (non-hydrogen) atoms. The van der Waals surface area contributed by atoms with Crippen molar-refractivity contribution in [1.29, 1.82) is 0 Å². The topological polar surface area (TPSA) is 142 Å². The van der Waals surface area contributed by atoms with Crippen molar-refractivity contribution in [3.05, 3.63) is 70.9 Å². The van der Waals surface area contributed by atoms with Crippen LogP contribution >= 0.6 is 11.6 Å². The summed E-state index contributed by atoms with van der Waals surface area (Å²) < 4.78 is 22.0. The lowest BCUT2D eigenvalue weighted by Gasteiger charge is -2.35. The molecule has 12 nitrogen and oxygen atoms in total. The number of carbonyl (C=O) groups is 2. The summed E-state index contributed by atoms with van der Waals surface area (Å²) in [6, 6.07) is 8.50. The molecule has 14 heteroatoms. The quantitative estimate of drug-likeness (QED) is 0.212. The number of benzene rings is 2. The van der Waals surface area contributed by atoms with Crippen molar-refractivity contribution in [3.8, 4) is 17.0 Å². The number of nitrogens with two attached hydrogens (primary N) is 1. The molecule has 0 saturated carbocycles. The van der Waals surface area contributed by atoms with Gasteiger partial charge in [0.2, 0.25) is 0 Å². The maximum Gasteiger partial charge on any atom is 0.317 e. The minimum absolute atomic E-state index is 0.0474. The maximum atomic E-state index is 14.9. The van der Waals surface area contributed by atoms with Crippen molar-refractivity contribution in [2.45, 2.75) is 6.92 Å². The standard InChI is InChI=1S/C29H33ClFN9O3/c1-18-15-19(3-4-20(18)28(41)38-11-13-39(14-12-38)29(42)35-8-7-32)37-26-27-36-16-22(40(27)10-9-34-26)21-5-6-23(43-17-33-2)25(31)24(21)30/h3-6,9-10,15-16,33H,7-8,11-14,17,32H2,1-2H3,(H,34,37)(H,35,42). The lowest BCUT2D eigenvalue weighted by Crippen LogP contribution is -2.53. The zero-order valence-electron chi connectivity index (χ0n) is 23.9. The number of nitrogens with one attached hydrogen (secondary N) is 3. The molecule has 5 rings (SSSR count). The van der Waals surface area contributed by atoms with Gasteiger partial charge in [-0.15, -0.1) is 0 Å². The summed E-state index contributed by atoms with van der Waals surface area (Å²) in [5, 5.41) is 8.76. The molecule has 0 spiro atoms. The number of piperazine rings is 1. The maximum absolute atomic E-state index is 14.9. The monoisotopic (exact) mass is 609 g/mol. The number of urea groups is 1. The fraction of sp³-hybridized carbons (Fsp3) is 0.310. The van der Waals surface area contributed by atoms with E-state index in [4.69, 9.17) is 22.1 Å². The summed E-state index contributed by atoms with van der Waals surface area (Å²) in [4.78, 5) is 37.9. The molecule has 226 valence electrons. The first-order valence-corrected chi connectivity index (χ1v) is 14.2. The molecule has 0 bridgehead atoms. The fourth-order valence-electron chi connectivity index (χ4n) is 4.89. The van der Waals surface area contributed by atoms with E-state index in [1.807, 2.05) is 19.1 Å². The van der Waals surface area contributed by atoms with Gasteiger partial charge in [-0.2, -0.15) is 0 Å². The van der Waals surface area contributed by atoms with E-state index in [1.165, 1.54) is 6.07 Å². The zero-order chi connectivity index (χ0) is 30.5. The van der Waals surface area contributed by atoms with Crippen LogP contribution in [0.3, 0.4) is 0 Å². The number of carbonyl (C=O) groups excluding carboxylic acids is 2. The van der Waals surface area contributed by atoms with Crippen molar-refractivity contribution in [1.82, 2.24) is 34.8 Å². The average Bonchev–Trinajstić information content (AvgIpc) is 3.45. The minimum Gasteiger partial charge on any atom is -0.475 e. The predicted molar refractivity (Wildman–Crippen MR) is 162 cm³/mol. The second-order valence-corrected chi connectivity index (χ2v) is 10.3. The first kappa shape index (κ1) is 30.0. The Morgan fingerprint density at radius 2 is 1.88 bits per heavy atom. The molecular weight excluding hydrogens is 577 g/mol. The molecule has 1 saturated heterocycles. The van der Waals surface area contributed by atoms with Gasteiger partial charge in [0.25, 0.3) is 5.91 Å². The van der Waals surface area contributed by atoms with Gasteiger partial charge in [0.1, 0.15) is 6.73 Å². The van der Waals surface area contributed by atoms with E-state index in [2.05, 4.69) is 25.9 Å². The number of hydrogen-bond acceptors (Lipinski definition) is 8. The van der Waals surface area contributed by atoms with Crippen molar-refractivity contribution < 1.29 is 18.7 Å². The van der Waals surface area contributed by atoms with Gasteiger partial charge in [-0.25, -0.2) is 19.2 Å². The van der Waals surface area contributed by atoms with Crippen LogP contribution in [0.25, 0.3) is 16.9 Å². The molecule has 1 fully saturated rings. The highest BCUT2D eigenvalue weighted by molar-refractivity contribution is 6.33. The van der Waals surface area contributed by atoms with Crippen LogP contribution in [0.5, 0.6) is 5.75 Å². The van der Waals surface area contributed by atoms with E-state index in [9.17, 15) is 14.0 Å².